The summed E-state index contributed by atoms with van der Waals surface area (Å²) >= 11 is 0. The van der Waals surface area contributed by atoms with Crippen molar-refractivity contribution in [1.82, 2.24) is 15.6 Å². The molecule has 0 radical (unpaired) electrons. The summed E-state index contributed by atoms with van der Waals surface area (Å²) in [5, 5.41) is 10.8. The zero-order valence-electron chi connectivity index (χ0n) is 22.0. The Hall–Kier alpha value is -4.55. The first-order chi connectivity index (χ1) is 18.5. The highest BCUT2D eigenvalue weighted by molar-refractivity contribution is 5.96. The molecule has 5 rings (SSSR count). The van der Waals surface area contributed by atoms with Gasteiger partial charge in [-0.15, -0.1) is 0 Å². The minimum atomic E-state index is -0.416. The summed E-state index contributed by atoms with van der Waals surface area (Å²) in [5.74, 6) is -0.947. The van der Waals surface area contributed by atoms with Crippen LogP contribution in [0.4, 0.5) is 14.5 Å². The Bertz CT molecular complexity index is 1540. The Morgan fingerprint density at radius 1 is 0.872 bits per heavy atom. The fraction of sp³-hybridized carbons (Fsp3) is 0.233. The third-order valence-corrected chi connectivity index (χ3v) is 6.49. The molecule has 1 aliphatic rings. The molecule has 7 nitrogen and oxygen atoms in total. The number of para-hydroxylation sites is 1. The van der Waals surface area contributed by atoms with E-state index >= 15 is 0 Å². The maximum Gasteiger partial charge on any atom is 0.271 e. The van der Waals surface area contributed by atoms with Crippen molar-refractivity contribution in [3.63, 3.8) is 0 Å². The molecule has 0 aliphatic carbocycles. The lowest BCUT2D eigenvalue weighted by molar-refractivity contribution is 0.0747. The van der Waals surface area contributed by atoms with Gasteiger partial charge >= 0.3 is 0 Å². The van der Waals surface area contributed by atoms with Crippen molar-refractivity contribution in [2.45, 2.75) is 20.4 Å². The highest BCUT2D eigenvalue weighted by Crippen LogP contribution is 2.30. The lowest BCUT2D eigenvalue weighted by Gasteiger charge is -2.37. The van der Waals surface area contributed by atoms with E-state index in [4.69, 9.17) is 0 Å². The fourth-order valence-corrected chi connectivity index (χ4v) is 4.66. The van der Waals surface area contributed by atoms with E-state index in [1.807, 2.05) is 43.0 Å². The third kappa shape index (κ3) is 5.97. The number of anilines is 1. The minimum Gasteiger partial charge on any atom is -0.366 e. The van der Waals surface area contributed by atoms with Crippen molar-refractivity contribution in [2.24, 2.45) is 0 Å². The maximum atomic E-state index is 13.5. The second-order valence-corrected chi connectivity index (χ2v) is 8.66. The number of rotatable bonds is 4. The normalized spacial score (nSPS) is 12.7. The molecule has 39 heavy (non-hydrogen) atoms. The number of fused-ring (bicyclic) bond motifs is 1. The molecule has 3 aromatic carbocycles. The summed E-state index contributed by atoms with van der Waals surface area (Å²) in [4.78, 5) is 30.0. The van der Waals surface area contributed by atoms with Crippen LogP contribution in [0.3, 0.4) is 0 Å². The summed E-state index contributed by atoms with van der Waals surface area (Å²) in [6.07, 6.45) is 0. The summed E-state index contributed by atoms with van der Waals surface area (Å²) in [5.41, 5.74) is 2.01. The number of benzene rings is 3. The van der Waals surface area contributed by atoms with E-state index in [1.54, 1.807) is 21.6 Å². The number of amides is 1. The molecule has 1 amide bonds. The molecule has 1 saturated heterocycles. The average Bonchev–Trinajstić information content (AvgIpc) is 2.96. The molecule has 0 spiro atoms. The van der Waals surface area contributed by atoms with Crippen molar-refractivity contribution in [3.8, 4) is 6.07 Å². The smallest absolute Gasteiger partial charge is 0.271 e. The molecule has 0 unspecified atom stereocenters. The Morgan fingerprint density at radius 3 is 2.03 bits per heavy atom. The summed E-state index contributed by atoms with van der Waals surface area (Å²) in [6.45, 7) is 5.87. The highest BCUT2D eigenvalue weighted by Gasteiger charge is 2.27. The number of nitriles is 1. The molecule has 2 heterocycles. The van der Waals surface area contributed by atoms with Crippen LogP contribution in [0.5, 0.6) is 0 Å². The topological polar surface area (TPSA) is 104 Å². The first-order valence-corrected chi connectivity index (χ1v) is 12.6. The molecular formula is C30H31F2N5O2. The van der Waals surface area contributed by atoms with Gasteiger partial charge in [-0.2, -0.15) is 5.26 Å². The number of hydrogen-bond donors (Lipinski definition) is 1. The number of carbonyl (C=O) groups is 1. The highest BCUT2D eigenvalue weighted by atomic mass is 19.1. The van der Waals surface area contributed by atoms with Crippen molar-refractivity contribution >= 4 is 22.5 Å². The van der Waals surface area contributed by atoms with E-state index in [0.717, 1.165) is 10.9 Å². The molecule has 0 saturated carbocycles. The van der Waals surface area contributed by atoms with Gasteiger partial charge in [-0.25, -0.2) is 8.78 Å². The molecule has 0 atom stereocenters. The van der Waals surface area contributed by atoms with E-state index in [2.05, 4.69) is 6.07 Å². The van der Waals surface area contributed by atoms with Gasteiger partial charge in [-0.05, 0) is 48.0 Å². The van der Waals surface area contributed by atoms with E-state index < -0.39 is 11.4 Å². The molecule has 3 N–H and O–H groups in total. The number of aromatic nitrogens is 1. The van der Waals surface area contributed by atoms with Crippen LogP contribution < -0.4 is 16.6 Å². The number of halogens is 2. The second kappa shape index (κ2) is 12.8. The molecule has 202 valence electrons. The summed E-state index contributed by atoms with van der Waals surface area (Å²) < 4.78 is 28.1. The molecule has 9 heteroatoms. The number of hydrogen-bond acceptors (Lipinski definition) is 5. The van der Waals surface area contributed by atoms with Crippen molar-refractivity contribution in [3.05, 3.63) is 111 Å². The van der Waals surface area contributed by atoms with Crippen molar-refractivity contribution in [2.75, 3.05) is 31.1 Å². The van der Waals surface area contributed by atoms with Gasteiger partial charge in [-0.1, -0.05) is 44.2 Å². The van der Waals surface area contributed by atoms with E-state index in [0.29, 0.717) is 42.9 Å². The van der Waals surface area contributed by atoms with Gasteiger partial charge in [-0.3, -0.25) is 9.59 Å². The van der Waals surface area contributed by atoms with Gasteiger partial charge in [0, 0.05) is 37.1 Å². The number of nitrogens with zero attached hydrogens (tertiary/aromatic N) is 4. The largest absolute Gasteiger partial charge is 0.366 e. The number of pyridine rings is 1. The number of carbonyl (C=O) groups excluding carboxylic acids is 1. The zero-order valence-corrected chi connectivity index (χ0v) is 22.0. The maximum absolute atomic E-state index is 13.5. The van der Waals surface area contributed by atoms with Crippen LogP contribution in [0.2, 0.25) is 0 Å². The lowest BCUT2D eigenvalue weighted by Crippen LogP contribution is -2.49. The monoisotopic (exact) mass is 531 g/mol. The summed E-state index contributed by atoms with van der Waals surface area (Å²) in [6, 6.07) is 20.9. The molecule has 4 aromatic rings. The van der Waals surface area contributed by atoms with Gasteiger partial charge in [0.25, 0.3) is 11.5 Å². The minimum absolute atomic E-state index is 0. The van der Waals surface area contributed by atoms with Crippen LogP contribution in [0.25, 0.3) is 10.9 Å². The second-order valence-electron chi connectivity index (χ2n) is 8.66. The van der Waals surface area contributed by atoms with Crippen LogP contribution >= 0.6 is 0 Å². The quantitative estimate of drug-likeness (QED) is 0.382. The van der Waals surface area contributed by atoms with Gasteiger partial charge in [0.1, 0.15) is 23.3 Å². The molecule has 0 bridgehead atoms. The Labute approximate surface area is 226 Å². The first kappa shape index (κ1) is 29.0. The van der Waals surface area contributed by atoms with Crippen LogP contribution in [-0.2, 0) is 6.54 Å². The zero-order chi connectivity index (χ0) is 27.2. The fourth-order valence-electron chi connectivity index (χ4n) is 4.66. The summed E-state index contributed by atoms with van der Waals surface area (Å²) in [7, 11) is 0. The Kier molecular flexibility index (Phi) is 9.52. The number of piperazine rings is 1. The van der Waals surface area contributed by atoms with Gasteiger partial charge in [0.05, 0.1) is 17.7 Å². The SMILES string of the molecule is CC.N.N#Cc1c(N2CCN(C(=O)c3ccc(F)cc3)CC2)c2ccccc2n(Cc2ccc(F)cc2)c1=O. The van der Waals surface area contributed by atoms with Crippen molar-refractivity contribution < 1.29 is 13.6 Å². The van der Waals surface area contributed by atoms with E-state index in [1.165, 1.54) is 36.4 Å². The molecule has 1 fully saturated rings. The lowest BCUT2D eigenvalue weighted by atomic mass is 10.1. The predicted octanol–water partition coefficient (Wildman–Crippen LogP) is 5.35. The van der Waals surface area contributed by atoms with Crippen LogP contribution in [-0.4, -0.2) is 41.6 Å². The third-order valence-electron chi connectivity index (χ3n) is 6.49. The average molecular weight is 532 g/mol. The predicted molar refractivity (Wildman–Crippen MR) is 149 cm³/mol. The van der Waals surface area contributed by atoms with Gasteiger partial charge in [0.2, 0.25) is 0 Å². The van der Waals surface area contributed by atoms with Gasteiger partial charge < -0.3 is 20.5 Å². The Morgan fingerprint density at radius 2 is 1.44 bits per heavy atom. The molecular weight excluding hydrogens is 500 g/mol. The van der Waals surface area contributed by atoms with Crippen LogP contribution in [0.1, 0.15) is 35.3 Å². The van der Waals surface area contributed by atoms with E-state index in [-0.39, 0.29) is 30.0 Å². The van der Waals surface area contributed by atoms with E-state index in [9.17, 15) is 23.6 Å². The van der Waals surface area contributed by atoms with Crippen LogP contribution in [0, 0.1) is 23.0 Å². The molecule has 1 aromatic heterocycles. The van der Waals surface area contributed by atoms with Crippen molar-refractivity contribution in [1.29, 1.82) is 5.26 Å². The Balaban J connectivity index is 0.00000137. The standard InChI is InChI=1S/C28H22F2N4O2.C2H6.H3N/c29-21-9-5-19(6-10-21)18-34-25-4-2-1-3-23(25)26(24(17-31)28(34)36)32-13-15-33(16-14-32)27(35)20-7-11-22(30)12-8-20;1-2;/h1-12H,13-16,18H2;1-2H3;1H3. The first-order valence-electron chi connectivity index (χ1n) is 12.6. The van der Waals surface area contributed by atoms with Crippen LogP contribution in [0.15, 0.2) is 77.6 Å². The van der Waals surface area contributed by atoms with Gasteiger partial charge in [0.15, 0.2) is 0 Å². The molecule has 1 aliphatic heterocycles.